The third kappa shape index (κ3) is 1.78. The molecule has 0 bridgehead atoms. The second kappa shape index (κ2) is 4.18. The van der Waals surface area contributed by atoms with Crippen LogP contribution >= 0.6 is 11.8 Å². The highest BCUT2D eigenvalue weighted by Crippen LogP contribution is 2.28. The average molecular weight is 242 g/mol. The van der Waals surface area contributed by atoms with E-state index in [0.717, 1.165) is 17.0 Å². The van der Waals surface area contributed by atoms with Crippen molar-refractivity contribution in [1.82, 2.24) is 19.9 Å². The minimum atomic E-state index is 0.651. The van der Waals surface area contributed by atoms with Crippen LogP contribution in [0.2, 0.25) is 0 Å². The van der Waals surface area contributed by atoms with Gasteiger partial charge in [0.1, 0.15) is 5.82 Å². The van der Waals surface area contributed by atoms with Gasteiger partial charge in [-0.15, -0.1) is 11.8 Å². The summed E-state index contributed by atoms with van der Waals surface area (Å²) in [5.74, 6) is 0.816. The van der Waals surface area contributed by atoms with Gasteiger partial charge in [-0.3, -0.25) is 0 Å². The van der Waals surface area contributed by atoms with Crippen molar-refractivity contribution >= 4 is 23.1 Å². The molecule has 0 aliphatic carbocycles. The summed E-state index contributed by atoms with van der Waals surface area (Å²) >= 11 is 1.70. The van der Waals surface area contributed by atoms with Crippen LogP contribution in [0.15, 0.2) is 41.6 Å². The van der Waals surface area contributed by atoms with E-state index < -0.39 is 0 Å². The van der Waals surface area contributed by atoms with Gasteiger partial charge in [0.15, 0.2) is 11.3 Å². The lowest BCUT2D eigenvalue weighted by molar-refractivity contribution is 1.26. The van der Waals surface area contributed by atoms with Gasteiger partial charge in [0.25, 0.3) is 0 Å². The SMILES string of the molecule is CSc1ccccc1-c1nc2nccnc2[nH]1. The molecule has 2 aromatic heterocycles. The van der Waals surface area contributed by atoms with Crippen molar-refractivity contribution in [2.45, 2.75) is 4.90 Å². The molecular formula is C12H10N4S. The molecular weight excluding hydrogens is 232 g/mol. The molecule has 0 spiro atoms. The molecule has 84 valence electrons. The number of hydrogen-bond donors (Lipinski definition) is 1. The Kier molecular flexibility index (Phi) is 2.53. The number of aromatic amines is 1. The van der Waals surface area contributed by atoms with E-state index in [1.165, 1.54) is 4.90 Å². The second-order valence-electron chi connectivity index (χ2n) is 3.51. The number of aromatic nitrogens is 4. The first-order chi connectivity index (χ1) is 8.38. The smallest absolute Gasteiger partial charge is 0.197 e. The highest BCUT2D eigenvalue weighted by molar-refractivity contribution is 7.98. The number of nitrogens with zero attached hydrogens (tertiary/aromatic N) is 3. The Morgan fingerprint density at radius 3 is 2.76 bits per heavy atom. The van der Waals surface area contributed by atoms with E-state index in [1.807, 2.05) is 18.2 Å². The zero-order valence-corrected chi connectivity index (χ0v) is 10.0. The maximum atomic E-state index is 4.45. The summed E-state index contributed by atoms with van der Waals surface area (Å²) in [7, 11) is 0. The number of nitrogens with one attached hydrogen (secondary N) is 1. The van der Waals surface area contributed by atoms with Crippen molar-refractivity contribution in [3.63, 3.8) is 0 Å². The van der Waals surface area contributed by atoms with Crippen molar-refractivity contribution in [3.05, 3.63) is 36.7 Å². The zero-order chi connectivity index (χ0) is 11.7. The normalized spacial score (nSPS) is 10.9. The Hall–Kier alpha value is -1.88. The van der Waals surface area contributed by atoms with Gasteiger partial charge in [-0.05, 0) is 12.3 Å². The molecule has 0 radical (unpaired) electrons. The molecule has 0 fully saturated rings. The van der Waals surface area contributed by atoms with Crippen LogP contribution in [0.1, 0.15) is 0 Å². The van der Waals surface area contributed by atoms with E-state index in [2.05, 4.69) is 32.3 Å². The van der Waals surface area contributed by atoms with E-state index in [-0.39, 0.29) is 0 Å². The van der Waals surface area contributed by atoms with E-state index >= 15 is 0 Å². The predicted octanol–water partition coefficient (Wildman–Crippen LogP) is 2.74. The fourth-order valence-corrected chi connectivity index (χ4v) is 2.31. The quantitative estimate of drug-likeness (QED) is 0.702. The molecule has 5 heteroatoms. The summed E-state index contributed by atoms with van der Waals surface area (Å²) in [5.41, 5.74) is 2.46. The highest BCUT2D eigenvalue weighted by Gasteiger charge is 2.09. The molecule has 0 aliphatic heterocycles. The molecule has 0 amide bonds. The number of H-pyrrole nitrogens is 1. The molecule has 0 saturated heterocycles. The van der Waals surface area contributed by atoms with Crippen molar-refractivity contribution in [2.24, 2.45) is 0 Å². The minimum Gasteiger partial charge on any atom is -0.321 e. The fraction of sp³-hybridized carbons (Fsp3) is 0.0833. The van der Waals surface area contributed by atoms with Crippen molar-refractivity contribution < 1.29 is 0 Å². The first-order valence-corrected chi connectivity index (χ1v) is 6.41. The lowest BCUT2D eigenvalue weighted by Gasteiger charge is -2.02. The molecule has 17 heavy (non-hydrogen) atoms. The fourth-order valence-electron chi connectivity index (χ4n) is 1.71. The van der Waals surface area contributed by atoms with Crippen molar-refractivity contribution in [1.29, 1.82) is 0 Å². The monoisotopic (exact) mass is 242 g/mol. The van der Waals surface area contributed by atoms with Crippen LogP contribution in [0.4, 0.5) is 0 Å². The van der Waals surface area contributed by atoms with Crippen LogP contribution in [0.3, 0.4) is 0 Å². The molecule has 0 atom stereocenters. The first-order valence-electron chi connectivity index (χ1n) is 5.18. The molecule has 3 rings (SSSR count). The Labute approximate surface area is 103 Å². The van der Waals surface area contributed by atoms with Gasteiger partial charge >= 0.3 is 0 Å². The van der Waals surface area contributed by atoms with Crippen molar-refractivity contribution in [3.8, 4) is 11.4 Å². The van der Waals surface area contributed by atoms with Crippen LogP contribution in [-0.4, -0.2) is 26.2 Å². The summed E-state index contributed by atoms with van der Waals surface area (Å²) in [5, 5.41) is 0. The van der Waals surface area contributed by atoms with Crippen LogP contribution < -0.4 is 0 Å². The van der Waals surface area contributed by atoms with Crippen LogP contribution in [0, 0.1) is 0 Å². The number of benzene rings is 1. The molecule has 4 nitrogen and oxygen atoms in total. The maximum Gasteiger partial charge on any atom is 0.197 e. The summed E-state index contributed by atoms with van der Waals surface area (Å²) in [6.45, 7) is 0. The molecule has 0 aliphatic rings. The Morgan fingerprint density at radius 1 is 1.12 bits per heavy atom. The van der Waals surface area contributed by atoms with Crippen LogP contribution in [0.5, 0.6) is 0 Å². The number of rotatable bonds is 2. The number of thioether (sulfide) groups is 1. The second-order valence-corrected chi connectivity index (χ2v) is 4.36. The van der Waals surface area contributed by atoms with Gasteiger partial charge in [0.2, 0.25) is 0 Å². The van der Waals surface area contributed by atoms with E-state index in [0.29, 0.717) is 5.65 Å². The maximum absolute atomic E-state index is 4.45. The Bertz CT molecular complexity index is 629. The van der Waals surface area contributed by atoms with Gasteiger partial charge < -0.3 is 4.98 Å². The predicted molar refractivity (Wildman–Crippen MR) is 68.9 cm³/mol. The zero-order valence-electron chi connectivity index (χ0n) is 9.21. The third-order valence-corrected chi connectivity index (χ3v) is 3.29. The molecule has 1 N–H and O–H groups in total. The summed E-state index contributed by atoms with van der Waals surface area (Å²) in [6, 6.07) is 8.15. The molecule has 0 unspecified atom stereocenters. The van der Waals surface area contributed by atoms with Gasteiger partial charge in [0.05, 0.1) is 0 Å². The lowest BCUT2D eigenvalue weighted by atomic mass is 10.2. The Morgan fingerprint density at radius 2 is 1.94 bits per heavy atom. The van der Waals surface area contributed by atoms with Crippen LogP contribution in [-0.2, 0) is 0 Å². The van der Waals surface area contributed by atoms with Crippen LogP contribution in [0.25, 0.3) is 22.7 Å². The molecule has 3 aromatic rings. The molecule has 2 heterocycles. The summed E-state index contributed by atoms with van der Waals surface area (Å²) in [6.07, 6.45) is 5.36. The van der Waals surface area contributed by atoms with Gasteiger partial charge in [-0.1, -0.05) is 18.2 Å². The summed E-state index contributed by atoms with van der Waals surface area (Å²) in [4.78, 5) is 17.2. The minimum absolute atomic E-state index is 0.651. The summed E-state index contributed by atoms with van der Waals surface area (Å²) < 4.78 is 0. The topological polar surface area (TPSA) is 54.5 Å². The highest BCUT2D eigenvalue weighted by atomic mass is 32.2. The van der Waals surface area contributed by atoms with Gasteiger partial charge in [0, 0.05) is 22.9 Å². The average Bonchev–Trinajstić information content (AvgIpc) is 2.82. The number of imidazole rings is 1. The standard InChI is InChI=1S/C12H10N4S/c1-17-9-5-3-2-4-8(9)10-15-11-12(16-10)14-7-6-13-11/h2-7H,1H3,(H,13,14,15,16). The molecule has 1 aromatic carbocycles. The van der Waals surface area contributed by atoms with Gasteiger partial charge in [-0.2, -0.15) is 0 Å². The number of hydrogen-bond acceptors (Lipinski definition) is 4. The third-order valence-electron chi connectivity index (χ3n) is 2.50. The molecule has 0 saturated carbocycles. The van der Waals surface area contributed by atoms with E-state index in [4.69, 9.17) is 0 Å². The van der Waals surface area contributed by atoms with Gasteiger partial charge in [-0.25, -0.2) is 15.0 Å². The van der Waals surface area contributed by atoms with E-state index in [1.54, 1.807) is 24.2 Å². The van der Waals surface area contributed by atoms with Crippen molar-refractivity contribution in [2.75, 3.05) is 6.26 Å². The first kappa shape index (κ1) is 10.3. The lowest BCUT2D eigenvalue weighted by Crippen LogP contribution is -1.83. The Balaban J connectivity index is 2.20. The number of fused-ring (bicyclic) bond motifs is 1. The largest absolute Gasteiger partial charge is 0.321 e. The van der Waals surface area contributed by atoms with E-state index in [9.17, 15) is 0 Å².